The molecule has 1 aromatic heterocycles. The minimum Gasteiger partial charge on any atom is -0.303 e. The monoisotopic (exact) mass is 238 g/mol. The van der Waals surface area contributed by atoms with E-state index in [1.807, 2.05) is 24.3 Å². The van der Waals surface area contributed by atoms with Crippen LogP contribution >= 0.6 is 0 Å². The minimum atomic E-state index is 0.0498. The number of rotatable bonds is 2. The fraction of sp³-hybridized carbons (Fsp3) is 0.154. The van der Waals surface area contributed by atoms with E-state index in [1.165, 1.54) is 6.20 Å². The molecule has 5 nitrogen and oxygen atoms in total. The highest BCUT2D eigenvalue weighted by atomic mass is 16.2. The average Bonchev–Trinajstić information content (AvgIpc) is 2.95. The number of hydrogen-bond acceptors (Lipinski definition) is 3. The van der Waals surface area contributed by atoms with Gasteiger partial charge in [-0.15, -0.1) is 0 Å². The van der Waals surface area contributed by atoms with Crippen LogP contribution in [0.4, 0.5) is 5.69 Å². The topological polar surface area (TPSA) is 61.9 Å². The first kappa shape index (κ1) is 10.5. The number of amides is 1. The number of benzene rings is 1. The summed E-state index contributed by atoms with van der Waals surface area (Å²) in [6.45, 7) is 0.332. The van der Waals surface area contributed by atoms with Crippen LogP contribution in [0.15, 0.2) is 36.8 Å². The lowest BCUT2D eigenvalue weighted by Crippen LogP contribution is -2.29. The Bertz CT molecular complexity index is 653. The van der Waals surface area contributed by atoms with E-state index in [-0.39, 0.29) is 5.91 Å². The van der Waals surface area contributed by atoms with Crippen molar-refractivity contribution in [2.24, 2.45) is 0 Å². The summed E-state index contributed by atoms with van der Waals surface area (Å²) < 4.78 is 1.67. The Labute approximate surface area is 104 Å². The molecule has 1 aliphatic heterocycles. The molecule has 18 heavy (non-hydrogen) atoms. The molecular weight excluding hydrogens is 228 g/mol. The van der Waals surface area contributed by atoms with Crippen LogP contribution in [0, 0.1) is 11.3 Å². The summed E-state index contributed by atoms with van der Waals surface area (Å²) in [7, 11) is 0. The Morgan fingerprint density at radius 1 is 1.39 bits per heavy atom. The molecule has 0 unspecified atom stereocenters. The zero-order valence-electron chi connectivity index (χ0n) is 9.58. The van der Waals surface area contributed by atoms with Gasteiger partial charge < -0.3 is 4.57 Å². The van der Waals surface area contributed by atoms with Gasteiger partial charge in [0.05, 0.1) is 18.9 Å². The smallest absolute Gasteiger partial charge is 0.232 e. The van der Waals surface area contributed by atoms with Gasteiger partial charge in [-0.2, -0.15) is 5.26 Å². The van der Waals surface area contributed by atoms with Crippen molar-refractivity contribution >= 4 is 11.6 Å². The SMILES string of the molecule is N#Cc1cncn1CN1C(=O)Cc2ccccc21. The summed E-state index contributed by atoms with van der Waals surface area (Å²) in [6, 6.07) is 9.75. The lowest BCUT2D eigenvalue weighted by Gasteiger charge is -2.18. The molecule has 1 amide bonds. The Morgan fingerprint density at radius 3 is 3.06 bits per heavy atom. The number of aromatic nitrogens is 2. The molecule has 0 saturated carbocycles. The molecule has 2 aromatic rings. The average molecular weight is 238 g/mol. The number of hydrogen-bond donors (Lipinski definition) is 0. The highest BCUT2D eigenvalue weighted by Gasteiger charge is 2.27. The van der Waals surface area contributed by atoms with Crippen LogP contribution in [-0.4, -0.2) is 15.5 Å². The zero-order valence-corrected chi connectivity index (χ0v) is 9.58. The fourth-order valence-electron chi connectivity index (χ4n) is 2.15. The van der Waals surface area contributed by atoms with Crippen LogP contribution < -0.4 is 4.90 Å². The van der Waals surface area contributed by atoms with Crippen LogP contribution in [0.2, 0.25) is 0 Å². The van der Waals surface area contributed by atoms with Gasteiger partial charge in [0.2, 0.25) is 5.91 Å². The van der Waals surface area contributed by atoms with E-state index in [9.17, 15) is 4.79 Å². The molecule has 0 bridgehead atoms. The second kappa shape index (κ2) is 4.00. The highest BCUT2D eigenvalue weighted by Crippen LogP contribution is 2.28. The Balaban J connectivity index is 1.95. The molecule has 0 radical (unpaired) electrons. The lowest BCUT2D eigenvalue weighted by molar-refractivity contribution is -0.117. The largest absolute Gasteiger partial charge is 0.303 e. The van der Waals surface area contributed by atoms with E-state index in [4.69, 9.17) is 5.26 Å². The maximum absolute atomic E-state index is 12.0. The van der Waals surface area contributed by atoms with Crippen molar-refractivity contribution in [2.75, 3.05) is 4.90 Å². The first-order chi connectivity index (χ1) is 8.79. The molecule has 0 fully saturated rings. The molecule has 0 spiro atoms. The number of nitrogens with zero attached hydrogens (tertiary/aromatic N) is 4. The predicted molar refractivity (Wildman–Crippen MR) is 64.6 cm³/mol. The number of fused-ring (bicyclic) bond motifs is 1. The van der Waals surface area contributed by atoms with E-state index in [1.54, 1.807) is 15.8 Å². The van der Waals surface area contributed by atoms with Gasteiger partial charge in [0, 0.05) is 5.69 Å². The van der Waals surface area contributed by atoms with E-state index in [0.717, 1.165) is 11.3 Å². The maximum Gasteiger partial charge on any atom is 0.232 e. The van der Waals surface area contributed by atoms with Crippen LogP contribution in [0.5, 0.6) is 0 Å². The summed E-state index contributed by atoms with van der Waals surface area (Å²) in [4.78, 5) is 17.6. The highest BCUT2D eigenvalue weighted by molar-refractivity contribution is 6.00. The number of para-hydroxylation sites is 1. The van der Waals surface area contributed by atoms with Gasteiger partial charge in [-0.25, -0.2) is 4.98 Å². The van der Waals surface area contributed by atoms with Crippen molar-refractivity contribution in [1.82, 2.24) is 9.55 Å². The quantitative estimate of drug-likeness (QED) is 0.792. The first-order valence-corrected chi connectivity index (χ1v) is 5.58. The van der Waals surface area contributed by atoms with E-state index < -0.39 is 0 Å². The van der Waals surface area contributed by atoms with E-state index in [2.05, 4.69) is 11.1 Å². The summed E-state index contributed by atoms with van der Waals surface area (Å²) in [5.74, 6) is 0.0498. The van der Waals surface area contributed by atoms with Gasteiger partial charge in [-0.3, -0.25) is 9.69 Å². The molecule has 0 saturated heterocycles. The fourth-order valence-corrected chi connectivity index (χ4v) is 2.15. The summed E-state index contributed by atoms with van der Waals surface area (Å²) in [6.07, 6.45) is 3.48. The van der Waals surface area contributed by atoms with Gasteiger partial charge >= 0.3 is 0 Å². The molecule has 0 N–H and O–H groups in total. The third-order valence-corrected chi connectivity index (χ3v) is 3.05. The zero-order chi connectivity index (χ0) is 12.5. The van der Waals surface area contributed by atoms with E-state index in [0.29, 0.717) is 18.8 Å². The standard InChI is InChI=1S/C13H10N4O/c14-6-11-7-15-8-16(11)9-17-12-4-2-1-3-10(12)5-13(17)18/h1-4,7-8H,5,9H2. The molecule has 2 heterocycles. The predicted octanol–water partition coefficient (Wildman–Crippen LogP) is 1.30. The number of nitriles is 1. The third-order valence-electron chi connectivity index (χ3n) is 3.05. The Morgan fingerprint density at radius 2 is 2.22 bits per heavy atom. The van der Waals surface area contributed by atoms with Crippen molar-refractivity contribution in [3.63, 3.8) is 0 Å². The molecular formula is C13H10N4O. The van der Waals surface area contributed by atoms with Gasteiger partial charge in [0.1, 0.15) is 18.4 Å². The van der Waals surface area contributed by atoms with Gasteiger partial charge in [-0.05, 0) is 11.6 Å². The van der Waals surface area contributed by atoms with Gasteiger partial charge in [0.25, 0.3) is 0 Å². The normalized spacial score (nSPS) is 13.5. The molecule has 1 aliphatic rings. The second-order valence-corrected chi connectivity index (χ2v) is 4.13. The molecule has 1 aromatic carbocycles. The van der Waals surface area contributed by atoms with Crippen molar-refractivity contribution < 1.29 is 4.79 Å². The molecule has 0 atom stereocenters. The second-order valence-electron chi connectivity index (χ2n) is 4.13. The van der Waals surface area contributed by atoms with Crippen molar-refractivity contribution in [1.29, 1.82) is 5.26 Å². The molecule has 3 rings (SSSR count). The summed E-state index contributed by atoms with van der Waals surface area (Å²) in [5.41, 5.74) is 2.40. The number of anilines is 1. The van der Waals surface area contributed by atoms with Crippen LogP contribution in [0.3, 0.4) is 0 Å². The minimum absolute atomic E-state index is 0.0498. The van der Waals surface area contributed by atoms with Crippen LogP contribution in [0.25, 0.3) is 0 Å². The number of carbonyl (C=O) groups is 1. The first-order valence-electron chi connectivity index (χ1n) is 5.58. The van der Waals surface area contributed by atoms with E-state index >= 15 is 0 Å². The lowest BCUT2D eigenvalue weighted by atomic mass is 10.2. The summed E-state index contributed by atoms with van der Waals surface area (Å²) >= 11 is 0. The van der Waals surface area contributed by atoms with Crippen LogP contribution in [0.1, 0.15) is 11.3 Å². The van der Waals surface area contributed by atoms with Gasteiger partial charge in [-0.1, -0.05) is 18.2 Å². The Hall–Kier alpha value is -2.61. The molecule has 0 aliphatic carbocycles. The van der Waals surface area contributed by atoms with Crippen molar-refractivity contribution in [3.05, 3.63) is 48.0 Å². The number of imidazole rings is 1. The summed E-state index contributed by atoms with van der Waals surface area (Å²) in [5, 5.41) is 8.93. The third kappa shape index (κ3) is 1.55. The van der Waals surface area contributed by atoms with Gasteiger partial charge in [0.15, 0.2) is 0 Å². The van der Waals surface area contributed by atoms with Crippen molar-refractivity contribution in [2.45, 2.75) is 13.1 Å². The maximum atomic E-state index is 12.0. The molecule has 5 heteroatoms. The Kier molecular flexibility index (Phi) is 2.34. The van der Waals surface area contributed by atoms with Crippen LogP contribution in [-0.2, 0) is 17.9 Å². The number of carbonyl (C=O) groups excluding carboxylic acids is 1. The molecule has 88 valence electrons. The van der Waals surface area contributed by atoms with Crippen molar-refractivity contribution in [3.8, 4) is 6.07 Å².